The van der Waals surface area contributed by atoms with Crippen LogP contribution in [0.2, 0.25) is 0 Å². The molecular formula is C35H38N8O5. The van der Waals surface area contributed by atoms with Gasteiger partial charge in [0, 0.05) is 109 Å². The lowest BCUT2D eigenvalue weighted by atomic mass is 10.1. The topological polar surface area (TPSA) is 142 Å². The molecule has 4 aromatic heterocycles. The summed E-state index contributed by atoms with van der Waals surface area (Å²) in [7, 11) is 10.1. The van der Waals surface area contributed by atoms with Crippen LogP contribution in [0.25, 0.3) is 22.1 Å². The normalized spacial score (nSPS) is 12.3. The lowest BCUT2D eigenvalue weighted by molar-refractivity contribution is 0.251. The van der Waals surface area contributed by atoms with E-state index in [0.29, 0.717) is 30.3 Å². The zero-order valence-electron chi connectivity index (χ0n) is 27.7. The first-order valence-corrected chi connectivity index (χ1v) is 15.2. The van der Waals surface area contributed by atoms with Gasteiger partial charge in [-0.15, -0.1) is 0 Å². The number of H-pyrrole nitrogens is 2. The molecular weight excluding hydrogens is 612 g/mol. The van der Waals surface area contributed by atoms with E-state index in [1.807, 2.05) is 74.3 Å². The quantitative estimate of drug-likeness (QED) is 0.140. The number of benzene rings is 2. The number of methoxy groups -OCH3 is 4. The van der Waals surface area contributed by atoms with Crippen molar-refractivity contribution in [1.29, 1.82) is 0 Å². The van der Waals surface area contributed by atoms with Gasteiger partial charge in [0.05, 0.1) is 52.0 Å². The molecule has 0 spiro atoms. The van der Waals surface area contributed by atoms with Gasteiger partial charge in [-0.1, -0.05) is 0 Å². The Morgan fingerprint density at radius 1 is 0.792 bits per heavy atom. The first-order chi connectivity index (χ1) is 23.4. The highest BCUT2D eigenvalue weighted by Crippen LogP contribution is 2.37. The van der Waals surface area contributed by atoms with Crippen LogP contribution in [0.3, 0.4) is 0 Å². The Morgan fingerprint density at radius 2 is 1.35 bits per heavy atom. The number of fused-ring (bicyclic) bond motifs is 4. The second-order valence-corrected chi connectivity index (χ2v) is 11.0. The molecule has 6 aromatic rings. The molecule has 248 valence electrons. The van der Waals surface area contributed by atoms with E-state index in [0.717, 1.165) is 61.8 Å². The Hall–Kier alpha value is -6.11. The number of carbonyl (C=O) groups is 1. The Morgan fingerprint density at radius 3 is 1.96 bits per heavy atom. The number of aromatic amines is 2. The van der Waals surface area contributed by atoms with Crippen molar-refractivity contribution in [3.63, 3.8) is 0 Å². The molecule has 0 saturated carbocycles. The van der Waals surface area contributed by atoms with E-state index in [-0.39, 0.29) is 6.03 Å². The molecule has 0 bridgehead atoms. The lowest BCUT2D eigenvalue weighted by Gasteiger charge is -2.35. The molecule has 13 nitrogen and oxygen atoms in total. The SMILES string of the molecule is CNc1c(CNc2cc(OC)cc(OC)c2)cnc2[nH]ccc12.COc1cc(OC)cc(N2Cc3cnc4[nH]ccc4c3N(C)C2=O)c1. The van der Waals surface area contributed by atoms with Crippen LogP contribution in [0.5, 0.6) is 23.0 Å². The molecule has 2 aromatic carbocycles. The van der Waals surface area contributed by atoms with Gasteiger partial charge in [0.1, 0.15) is 34.3 Å². The van der Waals surface area contributed by atoms with E-state index in [1.165, 1.54) is 0 Å². The summed E-state index contributed by atoms with van der Waals surface area (Å²) in [4.78, 5) is 31.4. The summed E-state index contributed by atoms with van der Waals surface area (Å²) < 4.78 is 21.2. The van der Waals surface area contributed by atoms with Crippen molar-refractivity contribution in [3.05, 3.63) is 84.4 Å². The number of hydrogen-bond donors (Lipinski definition) is 4. The fourth-order valence-corrected chi connectivity index (χ4v) is 5.80. The highest BCUT2D eigenvalue weighted by Gasteiger charge is 2.31. The van der Waals surface area contributed by atoms with E-state index in [2.05, 4.69) is 30.6 Å². The maximum Gasteiger partial charge on any atom is 0.329 e. The van der Waals surface area contributed by atoms with Gasteiger partial charge in [0.2, 0.25) is 0 Å². The molecule has 2 amide bonds. The van der Waals surface area contributed by atoms with Crippen molar-refractivity contribution < 1.29 is 23.7 Å². The average molecular weight is 651 g/mol. The fraction of sp³-hybridized carbons (Fsp3) is 0.229. The predicted octanol–water partition coefficient (Wildman–Crippen LogP) is 6.39. The molecule has 7 rings (SSSR count). The average Bonchev–Trinajstić information content (AvgIpc) is 3.81. The summed E-state index contributed by atoms with van der Waals surface area (Å²) >= 11 is 0. The number of nitrogens with one attached hydrogen (secondary N) is 4. The standard InChI is InChI=1S/C18H18N4O3.C17H20N4O2/c1-21-16-11(9-20-17-15(16)4-5-19-17)10-22(18(21)23)12-6-13(24-2)8-14(7-12)25-3;1-18-16-11(10-21-17-15(16)4-5-19-17)9-20-12-6-13(22-2)8-14(7-12)23-3/h4-9H,10H2,1-3H3,(H,19,20);4-8,10,20H,9H2,1-3H3,(H2,18,19,21). The minimum absolute atomic E-state index is 0.114. The van der Waals surface area contributed by atoms with E-state index >= 15 is 0 Å². The van der Waals surface area contributed by atoms with Crippen LogP contribution in [0.1, 0.15) is 11.1 Å². The van der Waals surface area contributed by atoms with Crippen LogP contribution in [0.15, 0.2) is 73.3 Å². The first-order valence-electron chi connectivity index (χ1n) is 15.2. The smallest absolute Gasteiger partial charge is 0.329 e. The molecule has 4 N–H and O–H groups in total. The van der Waals surface area contributed by atoms with Crippen LogP contribution in [-0.4, -0.2) is 68.5 Å². The number of pyridine rings is 2. The van der Waals surface area contributed by atoms with Crippen molar-refractivity contribution in [1.82, 2.24) is 19.9 Å². The van der Waals surface area contributed by atoms with E-state index in [9.17, 15) is 4.79 Å². The Labute approximate surface area is 277 Å². The second kappa shape index (κ2) is 13.7. The number of anilines is 4. The number of carbonyl (C=O) groups excluding carboxylic acids is 1. The van der Waals surface area contributed by atoms with E-state index in [4.69, 9.17) is 18.9 Å². The maximum absolute atomic E-state index is 13.0. The third-order valence-electron chi connectivity index (χ3n) is 8.21. The summed E-state index contributed by atoms with van der Waals surface area (Å²) in [6, 6.07) is 15.0. The molecule has 1 aliphatic heterocycles. The largest absolute Gasteiger partial charge is 0.497 e. The molecule has 48 heavy (non-hydrogen) atoms. The summed E-state index contributed by atoms with van der Waals surface area (Å²) in [6.45, 7) is 1.07. The number of rotatable bonds is 9. The van der Waals surface area contributed by atoms with Gasteiger partial charge < -0.3 is 39.5 Å². The number of amides is 2. The van der Waals surface area contributed by atoms with Crippen LogP contribution >= 0.6 is 0 Å². The van der Waals surface area contributed by atoms with Gasteiger partial charge in [-0.2, -0.15) is 0 Å². The maximum atomic E-state index is 13.0. The zero-order valence-corrected chi connectivity index (χ0v) is 27.7. The summed E-state index contributed by atoms with van der Waals surface area (Å²) in [6.07, 6.45) is 7.40. The first kappa shape index (κ1) is 31.9. The third-order valence-corrected chi connectivity index (χ3v) is 8.21. The zero-order chi connectivity index (χ0) is 33.8. The Bertz CT molecular complexity index is 2030. The van der Waals surface area contributed by atoms with Crippen molar-refractivity contribution >= 4 is 50.8 Å². The van der Waals surface area contributed by atoms with Crippen LogP contribution in [-0.2, 0) is 13.1 Å². The van der Waals surface area contributed by atoms with Gasteiger partial charge in [0.25, 0.3) is 0 Å². The molecule has 5 heterocycles. The van der Waals surface area contributed by atoms with Crippen molar-refractivity contribution in [3.8, 4) is 23.0 Å². The van der Waals surface area contributed by atoms with Gasteiger partial charge in [0.15, 0.2) is 0 Å². The van der Waals surface area contributed by atoms with Crippen LogP contribution in [0.4, 0.5) is 27.5 Å². The lowest BCUT2D eigenvalue weighted by Crippen LogP contribution is -2.45. The number of urea groups is 1. The number of ether oxygens (including phenoxy) is 4. The summed E-state index contributed by atoms with van der Waals surface area (Å²) in [5.41, 5.74) is 7.32. The monoisotopic (exact) mass is 650 g/mol. The number of aromatic nitrogens is 4. The van der Waals surface area contributed by atoms with Gasteiger partial charge >= 0.3 is 6.03 Å². The van der Waals surface area contributed by atoms with Gasteiger partial charge in [-0.05, 0) is 12.1 Å². The minimum atomic E-state index is -0.114. The van der Waals surface area contributed by atoms with Gasteiger partial charge in [-0.25, -0.2) is 14.8 Å². The summed E-state index contributed by atoms with van der Waals surface area (Å²) in [5, 5.41) is 8.67. The molecule has 0 fully saturated rings. The molecule has 0 saturated heterocycles. The highest BCUT2D eigenvalue weighted by atomic mass is 16.5. The second-order valence-electron chi connectivity index (χ2n) is 11.0. The number of nitrogens with zero attached hydrogens (tertiary/aromatic N) is 4. The molecule has 0 radical (unpaired) electrons. The van der Waals surface area contributed by atoms with Crippen LogP contribution in [0, 0.1) is 0 Å². The minimum Gasteiger partial charge on any atom is -0.497 e. The molecule has 1 aliphatic rings. The fourth-order valence-electron chi connectivity index (χ4n) is 5.80. The predicted molar refractivity (Wildman–Crippen MR) is 188 cm³/mol. The highest BCUT2D eigenvalue weighted by molar-refractivity contribution is 6.11. The molecule has 0 atom stereocenters. The van der Waals surface area contributed by atoms with E-state index in [1.54, 1.807) is 51.4 Å². The number of hydrogen-bond acceptors (Lipinski definition) is 9. The Balaban J connectivity index is 0.000000168. The van der Waals surface area contributed by atoms with Crippen molar-refractivity contribution in [2.24, 2.45) is 0 Å². The Kier molecular flexibility index (Phi) is 9.10. The van der Waals surface area contributed by atoms with Crippen molar-refractivity contribution in [2.75, 3.05) is 63.0 Å². The van der Waals surface area contributed by atoms with E-state index < -0.39 is 0 Å². The summed E-state index contributed by atoms with van der Waals surface area (Å²) in [5.74, 6) is 2.77. The molecule has 0 aliphatic carbocycles. The van der Waals surface area contributed by atoms with Crippen molar-refractivity contribution in [2.45, 2.75) is 13.1 Å². The van der Waals surface area contributed by atoms with Crippen LogP contribution < -0.4 is 39.4 Å². The third kappa shape index (κ3) is 6.17. The van der Waals surface area contributed by atoms with Gasteiger partial charge in [-0.3, -0.25) is 9.80 Å². The molecule has 0 unspecified atom stereocenters. The molecule has 13 heteroatoms.